The third-order valence-electron chi connectivity index (χ3n) is 1.80. The van der Waals surface area contributed by atoms with Gasteiger partial charge >= 0.3 is 5.97 Å². The van der Waals surface area contributed by atoms with Crippen LogP contribution in [0.1, 0.15) is 12.0 Å². The predicted octanol–water partition coefficient (Wildman–Crippen LogP) is 2.04. The first-order chi connectivity index (χ1) is 6.20. The van der Waals surface area contributed by atoms with Crippen molar-refractivity contribution in [1.82, 2.24) is 0 Å². The molecule has 0 saturated carbocycles. The van der Waals surface area contributed by atoms with E-state index in [1.807, 2.05) is 30.3 Å². The molecule has 0 amide bonds. The minimum atomic E-state index is -1.75. The summed E-state index contributed by atoms with van der Waals surface area (Å²) in [5.74, 6) is -1.38. The molecule has 0 aliphatic heterocycles. The van der Waals surface area contributed by atoms with Crippen LogP contribution in [0.5, 0.6) is 0 Å². The van der Waals surface area contributed by atoms with E-state index in [-0.39, 0.29) is 6.42 Å². The highest BCUT2D eigenvalue weighted by molar-refractivity contribution is 5.71. The zero-order valence-corrected chi connectivity index (χ0v) is 7.11. The van der Waals surface area contributed by atoms with Gasteiger partial charge in [-0.15, -0.1) is 0 Å². The van der Waals surface area contributed by atoms with Gasteiger partial charge in [0.15, 0.2) is 6.17 Å². The van der Waals surface area contributed by atoms with E-state index >= 15 is 0 Å². The molecule has 0 spiro atoms. The van der Waals surface area contributed by atoms with Crippen molar-refractivity contribution in [2.45, 2.75) is 19.0 Å². The van der Waals surface area contributed by atoms with Gasteiger partial charge in [0.1, 0.15) is 0 Å². The van der Waals surface area contributed by atoms with Gasteiger partial charge in [-0.3, -0.25) is 0 Å². The lowest BCUT2D eigenvalue weighted by atomic mass is 10.1. The normalized spacial score (nSPS) is 12.4. The van der Waals surface area contributed by atoms with Crippen molar-refractivity contribution >= 4 is 5.97 Å². The fourth-order valence-corrected chi connectivity index (χ4v) is 1.06. The number of aliphatic carboxylic acids is 1. The molecule has 0 aromatic heterocycles. The van der Waals surface area contributed by atoms with Crippen LogP contribution in [0.3, 0.4) is 0 Å². The van der Waals surface area contributed by atoms with E-state index in [1.165, 1.54) is 0 Å². The van der Waals surface area contributed by atoms with Gasteiger partial charge in [0.25, 0.3) is 0 Å². The third kappa shape index (κ3) is 3.23. The van der Waals surface area contributed by atoms with Gasteiger partial charge in [0.2, 0.25) is 0 Å². The average Bonchev–Trinajstić information content (AvgIpc) is 2.15. The molecule has 0 heterocycles. The van der Waals surface area contributed by atoms with E-state index in [1.54, 1.807) is 0 Å². The fraction of sp³-hybridized carbons (Fsp3) is 0.300. The molecular weight excluding hydrogens is 171 g/mol. The third-order valence-corrected chi connectivity index (χ3v) is 1.80. The molecule has 0 aliphatic rings. The number of benzene rings is 1. The minimum absolute atomic E-state index is 0.0410. The molecular formula is C10H11FO2. The van der Waals surface area contributed by atoms with Crippen LogP contribution in [-0.2, 0) is 11.2 Å². The Bertz CT molecular complexity index is 272. The maximum atomic E-state index is 12.6. The maximum Gasteiger partial charge on any atom is 0.338 e. The zero-order valence-electron chi connectivity index (χ0n) is 7.11. The Morgan fingerprint density at radius 2 is 2.00 bits per heavy atom. The Morgan fingerprint density at radius 3 is 2.54 bits per heavy atom. The standard InChI is InChI=1S/C10H11FO2/c11-9(10(12)13)7-6-8-4-2-1-3-5-8/h1-5,9H,6-7H2,(H,12,13)/t9-/m1/s1. The number of carboxylic acid groups (broad SMARTS) is 1. The summed E-state index contributed by atoms with van der Waals surface area (Å²) in [7, 11) is 0. The summed E-state index contributed by atoms with van der Waals surface area (Å²) in [5.41, 5.74) is 0.964. The molecule has 0 unspecified atom stereocenters. The van der Waals surface area contributed by atoms with Gasteiger partial charge in [-0.05, 0) is 18.4 Å². The van der Waals surface area contributed by atoms with Crippen LogP contribution >= 0.6 is 0 Å². The Labute approximate surface area is 76.0 Å². The van der Waals surface area contributed by atoms with E-state index in [0.717, 1.165) is 5.56 Å². The molecule has 0 radical (unpaired) electrons. The average molecular weight is 182 g/mol. The Morgan fingerprint density at radius 1 is 1.38 bits per heavy atom. The lowest BCUT2D eigenvalue weighted by Crippen LogP contribution is -2.14. The number of aryl methyl sites for hydroxylation is 1. The molecule has 1 N–H and O–H groups in total. The molecule has 1 rings (SSSR count). The monoisotopic (exact) mass is 182 g/mol. The molecule has 70 valence electrons. The number of halogens is 1. The van der Waals surface area contributed by atoms with Crippen LogP contribution in [0.4, 0.5) is 4.39 Å². The molecule has 0 bridgehead atoms. The number of carboxylic acids is 1. The molecule has 1 aromatic carbocycles. The Balaban J connectivity index is 2.39. The Kier molecular flexibility index (Phi) is 3.43. The van der Waals surface area contributed by atoms with Crippen LogP contribution in [0.25, 0.3) is 0 Å². The van der Waals surface area contributed by atoms with Crippen molar-refractivity contribution in [1.29, 1.82) is 0 Å². The molecule has 1 aromatic rings. The second kappa shape index (κ2) is 4.60. The molecule has 3 heteroatoms. The van der Waals surface area contributed by atoms with Crippen molar-refractivity contribution in [3.8, 4) is 0 Å². The maximum absolute atomic E-state index is 12.6. The number of rotatable bonds is 4. The quantitative estimate of drug-likeness (QED) is 0.773. The highest BCUT2D eigenvalue weighted by atomic mass is 19.1. The van der Waals surface area contributed by atoms with Crippen LogP contribution in [-0.4, -0.2) is 17.2 Å². The van der Waals surface area contributed by atoms with Gasteiger partial charge in [-0.2, -0.15) is 0 Å². The largest absolute Gasteiger partial charge is 0.479 e. The van der Waals surface area contributed by atoms with Crippen LogP contribution < -0.4 is 0 Å². The zero-order chi connectivity index (χ0) is 9.68. The fourth-order valence-electron chi connectivity index (χ4n) is 1.06. The summed E-state index contributed by atoms with van der Waals surface area (Å²) >= 11 is 0. The highest BCUT2D eigenvalue weighted by Gasteiger charge is 2.14. The van der Waals surface area contributed by atoms with E-state index in [2.05, 4.69) is 0 Å². The minimum Gasteiger partial charge on any atom is -0.479 e. The number of alkyl halides is 1. The lowest BCUT2D eigenvalue weighted by molar-refractivity contribution is -0.142. The molecule has 2 nitrogen and oxygen atoms in total. The Hall–Kier alpha value is -1.38. The van der Waals surface area contributed by atoms with Crippen LogP contribution in [0.2, 0.25) is 0 Å². The van der Waals surface area contributed by atoms with E-state index in [0.29, 0.717) is 6.42 Å². The van der Waals surface area contributed by atoms with Crippen molar-refractivity contribution in [2.24, 2.45) is 0 Å². The molecule has 0 fully saturated rings. The van der Waals surface area contributed by atoms with Crippen molar-refractivity contribution in [3.63, 3.8) is 0 Å². The molecule has 13 heavy (non-hydrogen) atoms. The lowest BCUT2D eigenvalue weighted by Gasteiger charge is -2.02. The second-order valence-corrected chi connectivity index (χ2v) is 2.83. The van der Waals surface area contributed by atoms with Crippen molar-refractivity contribution < 1.29 is 14.3 Å². The summed E-state index contributed by atoms with van der Waals surface area (Å²) in [4.78, 5) is 10.1. The summed E-state index contributed by atoms with van der Waals surface area (Å²) in [5, 5.41) is 8.29. The number of hydrogen-bond donors (Lipinski definition) is 1. The van der Waals surface area contributed by atoms with E-state index < -0.39 is 12.1 Å². The summed E-state index contributed by atoms with van der Waals surface area (Å²) in [6, 6.07) is 9.28. The topological polar surface area (TPSA) is 37.3 Å². The van der Waals surface area contributed by atoms with Crippen LogP contribution in [0.15, 0.2) is 30.3 Å². The summed E-state index contributed by atoms with van der Waals surface area (Å²) < 4.78 is 12.6. The first-order valence-electron chi connectivity index (χ1n) is 4.11. The van der Waals surface area contributed by atoms with Crippen molar-refractivity contribution in [3.05, 3.63) is 35.9 Å². The van der Waals surface area contributed by atoms with Gasteiger partial charge in [-0.1, -0.05) is 30.3 Å². The smallest absolute Gasteiger partial charge is 0.338 e. The number of carbonyl (C=O) groups is 1. The molecule has 0 saturated heterocycles. The van der Waals surface area contributed by atoms with Gasteiger partial charge in [-0.25, -0.2) is 9.18 Å². The van der Waals surface area contributed by atoms with E-state index in [9.17, 15) is 9.18 Å². The summed E-state index contributed by atoms with van der Waals surface area (Å²) in [6.07, 6.45) is -1.24. The molecule has 0 aliphatic carbocycles. The molecule has 1 atom stereocenters. The van der Waals surface area contributed by atoms with Crippen LogP contribution in [0, 0.1) is 0 Å². The van der Waals surface area contributed by atoms with E-state index in [4.69, 9.17) is 5.11 Å². The predicted molar refractivity (Wildman–Crippen MR) is 47.3 cm³/mol. The van der Waals surface area contributed by atoms with Gasteiger partial charge in [0, 0.05) is 0 Å². The van der Waals surface area contributed by atoms with Crippen molar-refractivity contribution in [2.75, 3.05) is 0 Å². The van der Waals surface area contributed by atoms with Gasteiger partial charge in [0.05, 0.1) is 0 Å². The van der Waals surface area contributed by atoms with Gasteiger partial charge < -0.3 is 5.11 Å². The second-order valence-electron chi connectivity index (χ2n) is 2.83. The first-order valence-corrected chi connectivity index (χ1v) is 4.11. The highest BCUT2D eigenvalue weighted by Crippen LogP contribution is 2.07. The number of hydrogen-bond acceptors (Lipinski definition) is 1. The first kappa shape index (κ1) is 9.71. The SMILES string of the molecule is O=C(O)[C@H](F)CCc1ccccc1. The summed E-state index contributed by atoms with van der Waals surface area (Å²) in [6.45, 7) is 0.